The van der Waals surface area contributed by atoms with E-state index in [4.69, 9.17) is 0 Å². The molecule has 3 rings (SSSR count). The van der Waals surface area contributed by atoms with Crippen molar-refractivity contribution in [3.8, 4) is 0 Å². The molecule has 0 saturated heterocycles. The molecule has 0 aliphatic heterocycles. The Morgan fingerprint density at radius 2 is 1.73 bits per heavy atom. The number of hydrogen-bond donors (Lipinski definition) is 1. The number of benzene rings is 2. The molecule has 2 aromatic rings. The molecule has 0 spiro atoms. The number of aryl methyl sites for hydroxylation is 1. The van der Waals surface area contributed by atoms with E-state index in [0.29, 0.717) is 18.0 Å². The first-order chi connectivity index (χ1) is 10.7. The van der Waals surface area contributed by atoms with Gasteiger partial charge in [-0.3, -0.25) is 0 Å². The van der Waals surface area contributed by atoms with E-state index in [1.165, 1.54) is 42.4 Å². The van der Waals surface area contributed by atoms with Gasteiger partial charge in [0, 0.05) is 12.1 Å². The third kappa shape index (κ3) is 3.59. The molecule has 0 aromatic heterocycles. The molecule has 1 fully saturated rings. The number of hydrogen-bond acceptors (Lipinski definition) is 1. The lowest BCUT2D eigenvalue weighted by Crippen LogP contribution is -2.38. The summed E-state index contributed by atoms with van der Waals surface area (Å²) in [5, 5.41) is 3.91. The molecular weight excluding hydrogens is 266 g/mol. The van der Waals surface area contributed by atoms with Crippen molar-refractivity contribution in [2.75, 3.05) is 0 Å². The van der Waals surface area contributed by atoms with Crippen molar-refractivity contribution >= 4 is 0 Å². The summed E-state index contributed by atoms with van der Waals surface area (Å²) in [7, 11) is 0. The molecule has 0 bridgehead atoms. The zero-order chi connectivity index (χ0) is 15.4. The Kier molecular flexibility index (Phi) is 4.94. The molecule has 1 aliphatic rings. The van der Waals surface area contributed by atoms with Crippen LogP contribution in [-0.4, -0.2) is 6.04 Å². The molecule has 1 N–H and O–H groups in total. The highest BCUT2D eigenvalue weighted by molar-refractivity contribution is 5.26. The minimum absolute atomic E-state index is 0.411. The Morgan fingerprint density at radius 1 is 0.955 bits per heavy atom. The fraction of sp³-hybridized carbons (Fsp3) is 0.429. The molecule has 3 atom stereocenters. The van der Waals surface area contributed by atoms with E-state index >= 15 is 0 Å². The molecule has 22 heavy (non-hydrogen) atoms. The topological polar surface area (TPSA) is 12.0 Å². The van der Waals surface area contributed by atoms with E-state index in [-0.39, 0.29) is 0 Å². The minimum atomic E-state index is 0.411. The summed E-state index contributed by atoms with van der Waals surface area (Å²) in [5.41, 5.74) is 4.24. The van der Waals surface area contributed by atoms with Crippen LogP contribution in [0, 0.1) is 6.92 Å². The van der Waals surface area contributed by atoms with Crippen LogP contribution in [-0.2, 0) is 0 Å². The molecular formula is C21H27N. The molecule has 1 nitrogen and oxygen atoms in total. The molecule has 0 heterocycles. The van der Waals surface area contributed by atoms with Gasteiger partial charge in [-0.05, 0) is 43.7 Å². The number of rotatable bonds is 4. The summed E-state index contributed by atoms with van der Waals surface area (Å²) in [6.45, 7) is 4.47. The predicted molar refractivity (Wildman–Crippen MR) is 94.2 cm³/mol. The van der Waals surface area contributed by atoms with Crippen LogP contribution in [0.5, 0.6) is 0 Å². The maximum atomic E-state index is 3.91. The monoisotopic (exact) mass is 293 g/mol. The Hall–Kier alpha value is -1.60. The van der Waals surface area contributed by atoms with Crippen LogP contribution >= 0.6 is 0 Å². The summed E-state index contributed by atoms with van der Waals surface area (Å²) in [6, 6.07) is 20.9. The van der Waals surface area contributed by atoms with Gasteiger partial charge in [-0.25, -0.2) is 0 Å². The van der Waals surface area contributed by atoms with E-state index in [9.17, 15) is 0 Å². The van der Waals surface area contributed by atoms with Crippen molar-refractivity contribution in [2.24, 2.45) is 0 Å². The fourth-order valence-electron chi connectivity index (χ4n) is 3.79. The highest BCUT2D eigenvalue weighted by atomic mass is 15.0. The smallest absolute Gasteiger partial charge is 0.0294 e. The summed E-state index contributed by atoms with van der Waals surface area (Å²) in [4.78, 5) is 0. The van der Waals surface area contributed by atoms with Gasteiger partial charge in [0.15, 0.2) is 0 Å². The van der Waals surface area contributed by atoms with Gasteiger partial charge in [-0.1, -0.05) is 73.0 Å². The van der Waals surface area contributed by atoms with Gasteiger partial charge >= 0.3 is 0 Å². The predicted octanol–water partition coefficient (Wildman–Crippen LogP) is 5.37. The highest BCUT2D eigenvalue weighted by Crippen LogP contribution is 2.34. The van der Waals surface area contributed by atoms with Gasteiger partial charge in [0.1, 0.15) is 0 Å². The van der Waals surface area contributed by atoms with E-state index < -0.39 is 0 Å². The average molecular weight is 293 g/mol. The molecule has 1 heteroatoms. The van der Waals surface area contributed by atoms with Crippen LogP contribution < -0.4 is 5.32 Å². The van der Waals surface area contributed by atoms with Gasteiger partial charge in [0.05, 0.1) is 0 Å². The molecule has 0 radical (unpaired) electrons. The Bertz CT molecular complexity index is 590. The first-order valence-corrected chi connectivity index (χ1v) is 8.61. The lowest BCUT2D eigenvalue weighted by atomic mass is 9.79. The van der Waals surface area contributed by atoms with E-state index in [1.807, 2.05) is 0 Å². The van der Waals surface area contributed by atoms with Crippen molar-refractivity contribution in [3.63, 3.8) is 0 Å². The van der Waals surface area contributed by atoms with E-state index in [1.54, 1.807) is 0 Å². The van der Waals surface area contributed by atoms with Gasteiger partial charge in [-0.15, -0.1) is 0 Å². The van der Waals surface area contributed by atoms with Crippen LogP contribution in [0.25, 0.3) is 0 Å². The van der Waals surface area contributed by atoms with Crippen molar-refractivity contribution in [1.29, 1.82) is 0 Å². The van der Waals surface area contributed by atoms with Gasteiger partial charge < -0.3 is 5.32 Å². The SMILES string of the molecule is Cc1cccc([C@@H](C)NC2CCCCC2c2ccccc2)c1. The Labute approximate surface area is 134 Å². The minimum Gasteiger partial charge on any atom is -0.307 e. The fourth-order valence-corrected chi connectivity index (χ4v) is 3.79. The summed E-state index contributed by atoms with van der Waals surface area (Å²) in [5.74, 6) is 0.655. The second kappa shape index (κ2) is 7.11. The van der Waals surface area contributed by atoms with Gasteiger partial charge in [0.2, 0.25) is 0 Å². The zero-order valence-electron chi connectivity index (χ0n) is 13.8. The normalized spacial score (nSPS) is 23.2. The van der Waals surface area contributed by atoms with Crippen LogP contribution in [0.1, 0.15) is 61.3 Å². The Morgan fingerprint density at radius 3 is 2.50 bits per heavy atom. The van der Waals surface area contributed by atoms with Gasteiger partial charge in [-0.2, -0.15) is 0 Å². The summed E-state index contributed by atoms with van der Waals surface area (Å²) >= 11 is 0. The second-order valence-electron chi connectivity index (χ2n) is 6.71. The Balaban J connectivity index is 1.74. The van der Waals surface area contributed by atoms with E-state index in [2.05, 4.69) is 73.8 Å². The average Bonchev–Trinajstić information content (AvgIpc) is 2.56. The van der Waals surface area contributed by atoms with Crippen molar-refractivity contribution in [1.82, 2.24) is 5.32 Å². The first kappa shape index (κ1) is 15.3. The third-order valence-electron chi connectivity index (χ3n) is 5.00. The molecule has 2 aromatic carbocycles. The van der Waals surface area contributed by atoms with Crippen LogP contribution in [0.2, 0.25) is 0 Å². The quantitative estimate of drug-likeness (QED) is 0.799. The first-order valence-electron chi connectivity index (χ1n) is 8.61. The van der Waals surface area contributed by atoms with Crippen molar-refractivity contribution in [3.05, 3.63) is 71.3 Å². The standard InChI is InChI=1S/C21H27N/c1-16-9-8-12-19(15-16)17(2)22-21-14-7-6-13-20(21)18-10-4-3-5-11-18/h3-5,8-12,15,17,20-22H,6-7,13-14H2,1-2H3/t17-,20?,21?/m1/s1. The largest absolute Gasteiger partial charge is 0.307 e. The molecule has 1 aliphatic carbocycles. The van der Waals surface area contributed by atoms with Crippen molar-refractivity contribution < 1.29 is 0 Å². The maximum Gasteiger partial charge on any atom is 0.0294 e. The van der Waals surface area contributed by atoms with Crippen molar-refractivity contribution in [2.45, 2.75) is 57.5 Å². The van der Waals surface area contributed by atoms with E-state index in [0.717, 1.165) is 0 Å². The zero-order valence-corrected chi connectivity index (χ0v) is 13.8. The third-order valence-corrected chi connectivity index (χ3v) is 5.00. The molecule has 2 unspecified atom stereocenters. The lowest BCUT2D eigenvalue weighted by Gasteiger charge is -2.35. The van der Waals surface area contributed by atoms with Crippen LogP contribution in [0.4, 0.5) is 0 Å². The second-order valence-corrected chi connectivity index (χ2v) is 6.71. The molecule has 1 saturated carbocycles. The summed E-state index contributed by atoms with van der Waals surface area (Å²) < 4.78 is 0. The lowest BCUT2D eigenvalue weighted by molar-refractivity contribution is 0.306. The highest BCUT2D eigenvalue weighted by Gasteiger charge is 2.27. The van der Waals surface area contributed by atoms with Gasteiger partial charge in [0.25, 0.3) is 0 Å². The molecule has 0 amide bonds. The molecule has 116 valence electrons. The number of nitrogens with one attached hydrogen (secondary N) is 1. The van der Waals surface area contributed by atoms with Crippen LogP contribution in [0.15, 0.2) is 54.6 Å². The summed E-state index contributed by atoms with van der Waals surface area (Å²) in [6.07, 6.45) is 5.30. The maximum absolute atomic E-state index is 3.91. The van der Waals surface area contributed by atoms with Crippen LogP contribution in [0.3, 0.4) is 0 Å².